The van der Waals surface area contributed by atoms with Crippen LogP contribution >= 0.6 is 10.7 Å². The predicted octanol–water partition coefficient (Wildman–Crippen LogP) is 2.52. The van der Waals surface area contributed by atoms with Gasteiger partial charge in [-0.1, -0.05) is 13.0 Å². The first-order valence-corrected chi connectivity index (χ1v) is 5.91. The number of aryl methyl sites for hydroxylation is 1. The zero-order chi connectivity index (χ0) is 9.84. The molecular weight excluding hydrogens is 208 g/mol. The molecule has 72 valence electrons. The van der Waals surface area contributed by atoms with Gasteiger partial charge in [0.05, 0.1) is 12.0 Å². The molecule has 1 unspecified atom stereocenters. The smallest absolute Gasteiger partial charge is 0.151 e. The second kappa shape index (κ2) is 4.63. The minimum Gasteiger partial charge on any atom is -0.495 e. The minimum absolute atomic E-state index is 0.545. The summed E-state index contributed by atoms with van der Waals surface area (Å²) in [6, 6.07) is 5.53. The molecule has 0 aliphatic carbocycles. The maximum absolute atomic E-state index is 11.1. The van der Waals surface area contributed by atoms with Crippen LogP contribution in [0.1, 0.15) is 12.5 Å². The lowest BCUT2D eigenvalue weighted by molar-refractivity contribution is 0.404. The van der Waals surface area contributed by atoms with E-state index in [0.717, 1.165) is 12.0 Å². The van der Waals surface area contributed by atoms with Gasteiger partial charge in [0.15, 0.2) is 10.0 Å². The van der Waals surface area contributed by atoms with Crippen LogP contribution < -0.4 is 4.74 Å². The molecule has 0 bridgehead atoms. The molecular formula is C9H11ClO2S. The number of hydrogen-bond acceptors (Lipinski definition) is 2. The number of ether oxygens (including phenoxy) is 1. The van der Waals surface area contributed by atoms with E-state index in [1.165, 1.54) is 7.11 Å². The topological polar surface area (TPSA) is 26.3 Å². The molecule has 0 aromatic heterocycles. The van der Waals surface area contributed by atoms with E-state index in [1.807, 2.05) is 19.1 Å². The zero-order valence-electron chi connectivity index (χ0n) is 7.54. The van der Waals surface area contributed by atoms with Crippen molar-refractivity contribution in [2.24, 2.45) is 0 Å². The summed E-state index contributed by atoms with van der Waals surface area (Å²) in [5, 5.41) is 0. The summed E-state index contributed by atoms with van der Waals surface area (Å²) in [4.78, 5) is 0.545. The summed E-state index contributed by atoms with van der Waals surface area (Å²) in [6.07, 6.45) is 0.894. The van der Waals surface area contributed by atoms with Crippen LogP contribution in [0.4, 0.5) is 0 Å². The van der Waals surface area contributed by atoms with Crippen LogP contribution in [0.5, 0.6) is 5.75 Å². The van der Waals surface area contributed by atoms with Gasteiger partial charge in [0.25, 0.3) is 0 Å². The summed E-state index contributed by atoms with van der Waals surface area (Å²) in [5.41, 5.74) is 1.10. The van der Waals surface area contributed by atoms with Gasteiger partial charge in [0.2, 0.25) is 0 Å². The standard InChI is InChI=1S/C9H11ClO2S/c1-3-7-4-5-8(12-2)9(6-7)13(10)11/h4-6H,3H2,1-2H3. The number of rotatable bonds is 3. The summed E-state index contributed by atoms with van der Waals surface area (Å²) in [6.45, 7) is 2.03. The Labute approximate surface area is 84.8 Å². The molecule has 0 heterocycles. The molecule has 0 radical (unpaired) electrons. The monoisotopic (exact) mass is 218 g/mol. The fourth-order valence-corrected chi connectivity index (χ4v) is 1.98. The lowest BCUT2D eigenvalue weighted by atomic mass is 10.2. The van der Waals surface area contributed by atoms with Crippen molar-refractivity contribution in [3.63, 3.8) is 0 Å². The summed E-state index contributed by atoms with van der Waals surface area (Å²) < 4.78 is 16.1. The average molecular weight is 219 g/mol. The van der Waals surface area contributed by atoms with E-state index in [1.54, 1.807) is 6.07 Å². The van der Waals surface area contributed by atoms with Crippen LogP contribution in [0, 0.1) is 0 Å². The fourth-order valence-electron chi connectivity index (χ4n) is 1.07. The molecule has 1 aromatic carbocycles. The van der Waals surface area contributed by atoms with E-state index in [2.05, 4.69) is 0 Å². The van der Waals surface area contributed by atoms with Gasteiger partial charge in [-0.2, -0.15) is 0 Å². The normalized spacial score (nSPS) is 12.5. The quantitative estimate of drug-likeness (QED) is 0.729. The van der Waals surface area contributed by atoms with Gasteiger partial charge >= 0.3 is 0 Å². The Kier molecular flexibility index (Phi) is 3.75. The van der Waals surface area contributed by atoms with Gasteiger partial charge in [-0.3, -0.25) is 0 Å². The van der Waals surface area contributed by atoms with Gasteiger partial charge < -0.3 is 4.74 Å². The van der Waals surface area contributed by atoms with Crippen LogP contribution in [0.25, 0.3) is 0 Å². The number of benzene rings is 1. The molecule has 0 N–H and O–H groups in total. The molecule has 0 amide bonds. The molecule has 0 fully saturated rings. The van der Waals surface area contributed by atoms with Gasteiger partial charge in [-0.15, -0.1) is 0 Å². The molecule has 1 rings (SSSR count). The minimum atomic E-state index is -1.51. The molecule has 0 saturated carbocycles. The highest BCUT2D eigenvalue weighted by Crippen LogP contribution is 2.25. The van der Waals surface area contributed by atoms with Crippen molar-refractivity contribution in [3.8, 4) is 5.75 Å². The highest BCUT2D eigenvalue weighted by Gasteiger charge is 2.08. The highest BCUT2D eigenvalue weighted by atomic mass is 35.7. The molecule has 13 heavy (non-hydrogen) atoms. The summed E-state index contributed by atoms with van der Waals surface area (Å²) in [7, 11) is 5.54. The first-order valence-electron chi connectivity index (χ1n) is 3.94. The second-order valence-electron chi connectivity index (χ2n) is 2.56. The van der Waals surface area contributed by atoms with Crippen LogP contribution in [0.3, 0.4) is 0 Å². The van der Waals surface area contributed by atoms with E-state index in [9.17, 15) is 4.21 Å². The second-order valence-corrected chi connectivity index (χ2v) is 4.29. The van der Waals surface area contributed by atoms with Crippen molar-refractivity contribution >= 4 is 20.7 Å². The Balaban J connectivity index is 3.18. The van der Waals surface area contributed by atoms with Crippen LogP contribution in [-0.2, 0) is 16.4 Å². The third-order valence-electron chi connectivity index (χ3n) is 1.81. The fraction of sp³-hybridized carbons (Fsp3) is 0.333. The van der Waals surface area contributed by atoms with Crippen molar-refractivity contribution in [2.45, 2.75) is 18.2 Å². The predicted molar refractivity (Wildman–Crippen MR) is 54.6 cm³/mol. The highest BCUT2D eigenvalue weighted by molar-refractivity contribution is 8.08. The third kappa shape index (κ3) is 2.45. The van der Waals surface area contributed by atoms with E-state index < -0.39 is 10.0 Å². The first kappa shape index (κ1) is 10.5. The Morgan fingerprint density at radius 1 is 1.54 bits per heavy atom. The molecule has 2 nitrogen and oxygen atoms in total. The Morgan fingerprint density at radius 2 is 2.23 bits per heavy atom. The van der Waals surface area contributed by atoms with Gasteiger partial charge in [0, 0.05) is 0 Å². The first-order chi connectivity index (χ1) is 6.19. The van der Waals surface area contributed by atoms with Crippen LogP contribution in [0.15, 0.2) is 23.1 Å². The van der Waals surface area contributed by atoms with Crippen molar-refractivity contribution < 1.29 is 8.95 Å². The SMILES string of the molecule is CCc1ccc(OC)c(S(=O)Cl)c1. The van der Waals surface area contributed by atoms with Crippen molar-refractivity contribution in [3.05, 3.63) is 23.8 Å². The van der Waals surface area contributed by atoms with Gasteiger partial charge in [0.1, 0.15) is 5.75 Å². The van der Waals surface area contributed by atoms with Gasteiger partial charge in [-0.25, -0.2) is 4.21 Å². The Morgan fingerprint density at radius 3 is 2.69 bits per heavy atom. The molecule has 1 atom stereocenters. The molecule has 4 heteroatoms. The van der Waals surface area contributed by atoms with Crippen molar-refractivity contribution in [1.82, 2.24) is 0 Å². The van der Waals surface area contributed by atoms with E-state index in [-0.39, 0.29) is 0 Å². The number of methoxy groups -OCH3 is 1. The molecule has 1 aromatic rings. The largest absolute Gasteiger partial charge is 0.495 e. The lowest BCUT2D eigenvalue weighted by Gasteiger charge is -2.06. The summed E-state index contributed by atoms with van der Waals surface area (Å²) >= 11 is 0. The third-order valence-corrected chi connectivity index (χ3v) is 2.97. The number of hydrogen-bond donors (Lipinski definition) is 0. The maximum atomic E-state index is 11.1. The average Bonchev–Trinajstić information content (AvgIpc) is 2.16. The lowest BCUT2D eigenvalue weighted by Crippen LogP contribution is -1.92. The molecule has 0 aliphatic rings. The van der Waals surface area contributed by atoms with Crippen molar-refractivity contribution in [1.29, 1.82) is 0 Å². The van der Waals surface area contributed by atoms with Crippen LogP contribution in [0.2, 0.25) is 0 Å². The van der Waals surface area contributed by atoms with E-state index >= 15 is 0 Å². The maximum Gasteiger partial charge on any atom is 0.151 e. The van der Waals surface area contributed by atoms with Gasteiger partial charge in [-0.05, 0) is 34.8 Å². The molecule has 0 saturated heterocycles. The molecule has 0 aliphatic heterocycles. The van der Waals surface area contributed by atoms with E-state index in [0.29, 0.717) is 10.6 Å². The van der Waals surface area contributed by atoms with E-state index in [4.69, 9.17) is 15.4 Å². The Hall–Kier alpha value is -0.540. The summed E-state index contributed by atoms with van der Waals surface area (Å²) in [5.74, 6) is 0.575. The number of halogens is 1. The Bertz CT molecular complexity index is 325. The zero-order valence-corrected chi connectivity index (χ0v) is 9.11. The van der Waals surface area contributed by atoms with Crippen molar-refractivity contribution in [2.75, 3.05) is 7.11 Å². The molecule has 0 spiro atoms. The van der Waals surface area contributed by atoms with Crippen LogP contribution in [-0.4, -0.2) is 11.3 Å².